The Balaban J connectivity index is 2.19. The van der Waals surface area contributed by atoms with Crippen molar-refractivity contribution < 1.29 is 4.52 Å². The number of nitrogens with one attached hydrogen (secondary N) is 1. The minimum absolute atomic E-state index is 0.209. The van der Waals surface area contributed by atoms with Crippen LogP contribution in [0.4, 0.5) is 5.82 Å². The fourth-order valence-corrected chi connectivity index (χ4v) is 2.25. The van der Waals surface area contributed by atoms with Crippen LogP contribution in [0.2, 0.25) is 0 Å². The maximum atomic E-state index is 11.4. The maximum Gasteiger partial charge on any atom is 0.248 e. The summed E-state index contributed by atoms with van der Waals surface area (Å²) in [5.41, 5.74) is 7.87. The van der Waals surface area contributed by atoms with Crippen molar-refractivity contribution in [2.75, 3.05) is 5.73 Å². The highest BCUT2D eigenvalue weighted by Gasteiger charge is 2.17. The molecule has 0 saturated carbocycles. The highest BCUT2D eigenvalue weighted by molar-refractivity contribution is 9.10. The van der Waals surface area contributed by atoms with Crippen LogP contribution in [-0.2, 0) is 0 Å². The van der Waals surface area contributed by atoms with E-state index in [1.54, 1.807) is 12.3 Å². The molecule has 1 aromatic carbocycles. The number of anilines is 1. The summed E-state index contributed by atoms with van der Waals surface area (Å²) in [7, 11) is 0. The number of hydrogen-bond acceptors (Lipinski definition) is 4. The van der Waals surface area contributed by atoms with Gasteiger partial charge in [-0.15, -0.1) is 0 Å². The van der Waals surface area contributed by atoms with Gasteiger partial charge in [-0.05, 0) is 23.8 Å². The van der Waals surface area contributed by atoms with Crippen LogP contribution in [0.5, 0.6) is 0 Å². The molecule has 0 fully saturated rings. The molecule has 0 saturated heterocycles. The molecule has 20 heavy (non-hydrogen) atoms. The van der Waals surface area contributed by atoms with Crippen molar-refractivity contribution in [1.29, 1.82) is 0 Å². The van der Waals surface area contributed by atoms with E-state index in [1.807, 2.05) is 24.3 Å². The predicted octanol–water partition coefficient (Wildman–Crippen LogP) is 3.04. The Kier molecular flexibility index (Phi) is 3.15. The van der Waals surface area contributed by atoms with Crippen LogP contribution < -0.4 is 11.3 Å². The number of nitrogen functional groups attached to an aromatic ring is 1. The molecule has 3 aromatic rings. The molecule has 0 unspecified atom stereocenters. The first kappa shape index (κ1) is 12.7. The van der Waals surface area contributed by atoms with Crippen molar-refractivity contribution in [3.63, 3.8) is 0 Å². The fraction of sp³-hybridized carbons (Fsp3) is 0. The lowest BCUT2D eigenvalue weighted by atomic mass is 10.0. The van der Waals surface area contributed by atoms with Crippen LogP contribution in [0.1, 0.15) is 0 Å². The Morgan fingerprint density at radius 3 is 2.60 bits per heavy atom. The maximum absolute atomic E-state index is 11.4. The van der Waals surface area contributed by atoms with Gasteiger partial charge in [0.2, 0.25) is 5.56 Å². The molecule has 0 amide bonds. The zero-order valence-corrected chi connectivity index (χ0v) is 11.8. The average molecular weight is 332 g/mol. The van der Waals surface area contributed by atoms with E-state index in [2.05, 4.69) is 26.1 Å². The van der Waals surface area contributed by atoms with Gasteiger partial charge < -0.3 is 15.2 Å². The van der Waals surface area contributed by atoms with Crippen LogP contribution in [-0.4, -0.2) is 10.1 Å². The first-order chi connectivity index (χ1) is 9.65. The molecule has 5 nitrogen and oxygen atoms in total. The van der Waals surface area contributed by atoms with E-state index in [9.17, 15) is 4.79 Å². The highest BCUT2D eigenvalue weighted by atomic mass is 79.9. The van der Waals surface area contributed by atoms with Gasteiger partial charge in [0, 0.05) is 22.3 Å². The van der Waals surface area contributed by atoms with Crippen LogP contribution in [0, 0.1) is 0 Å². The molecule has 0 aliphatic rings. The Hall–Kier alpha value is -2.34. The van der Waals surface area contributed by atoms with Crippen molar-refractivity contribution >= 4 is 21.7 Å². The first-order valence-corrected chi connectivity index (χ1v) is 6.64. The van der Waals surface area contributed by atoms with Gasteiger partial charge in [-0.1, -0.05) is 33.2 Å². The van der Waals surface area contributed by atoms with E-state index < -0.39 is 0 Å². The molecule has 0 bridgehead atoms. The number of hydrogen-bond donors (Lipinski definition) is 2. The van der Waals surface area contributed by atoms with Gasteiger partial charge in [-0.3, -0.25) is 4.79 Å². The number of aromatic amines is 1. The molecule has 100 valence electrons. The van der Waals surface area contributed by atoms with Crippen LogP contribution >= 0.6 is 15.9 Å². The zero-order chi connectivity index (χ0) is 14.1. The Morgan fingerprint density at radius 1 is 1.15 bits per heavy atom. The zero-order valence-electron chi connectivity index (χ0n) is 10.3. The van der Waals surface area contributed by atoms with E-state index in [0.717, 1.165) is 10.0 Å². The monoisotopic (exact) mass is 331 g/mol. The average Bonchev–Trinajstić information content (AvgIpc) is 2.82. The minimum Gasteiger partial charge on any atom is -0.380 e. The van der Waals surface area contributed by atoms with Crippen LogP contribution in [0.15, 0.2) is 56.4 Å². The Morgan fingerprint density at radius 2 is 1.90 bits per heavy atom. The number of H-pyrrole nitrogens is 1. The summed E-state index contributed by atoms with van der Waals surface area (Å²) in [6, 6.07) is 10.8. The van der Waals surface area contributed by atoms with Gasteiger partial charge in [0.1, 0.15) is 0 Å². The third kappa shape index (κ3) is 2.25. The van der Waals surface area contributed by atoms with E-state index >= 15 is 0 Å². The van der Waals surface area contributed by atoms with E-state index in [0.29, 0.717) is 22.7 Å². The summed E-state index contributed by atoms with van der Waals surface area (Å²) in [6.45, 7) is 0. The largest absolute Gasteiger partial charge is 0.380 e. The molecule has 2 heterocycles. The number of pyridine rings is 1. The summed E-state index contributed by atoms with van der Waals surface area (Å²) >= 11 is 3.38. The minimum atomic E-state index is -0.209. The first-order valence-electron chi connectivity index (χ1n) is 5.85. The number of nitrogens with two attached hydrogens (primary N) is 1. The predicted molar refractivity (Wildman–Crippen MR) is 80.1 cm³/mol. The Bertz CT molecular complexity index is 806. The van der Waals surface area contributed by atoms with Gasteiger partial charge in [0.25, 0.3) is 0 Å². The molecule has 3 N–H and O–H groups in total. The lowest BCUT2D eigenvalue weighted by Gasteiger charge is -2.02. The summed E-state index contributed by atoms with van der Waals surface area (Å²) in [6.07, 6.45) is 1.56. The van der Waals surface area contributed by atoms with Crippen molar-refractivity contribution in [3.8, 4) is 22.5 Å². The molecule has 2 aromatic heterocycles. The van der Waals surface area contributed by atoms with E-state index in [1.165, 1.54) is 6.07 Å². The summed E-state index contributed by atoms with van der Waals surface area (Å²) in [5, 5.41) is 3.80. The van der Waals surface area contributed by atoms with Gasteiger partial charge in [-0.2, -0.15) is 0 Å². The molecule has 3 rings (SSSR count). The van der Waals surface area contributed by atoms with Gasteiger partial charge in [0.05, 0.1) is 5.56 Å². The molecule has 0 aliphatic carbocycles. The molecule has 0 radical (unpaired) electrons. The second-order valence-corrected chi connectivity index (χ2v) is 5.14. The standard InChI is InChI=1S/C14H10BrN3O2/c15-10-3-1-8(2-4-10)12-13(20-18-14(12)16)9-5-6-17-11(19)7-9/h1-7H,(H2,16,18)(H,17,19). The molecule has 6 heteroatoms. The smallest absolute Gasteiger partial charge is 0.248 e. The number of halogens is 1. The third-order valence-corrected chi connectivity index (χ3v) is 3.42. The van der Waals surface area contributed by atoms with Gasteiger partial charge in [0.15, 0.2) is 11.6 Å². The van der Waals surface area contributed by atoms with Crippen molar-refractivity contribution in [2.45, 2.75) is 0 Å². The van der Waals surface area contributed by atoms with Gasteiger partial charge in [-0.25, -0.2) is 0 Å². The van der Waals surface area contributed by atoms with Gasteiger partial charge >= 0.3 is 0 Å². The molecule has 0 atom stereocenters. The SMILES string of the molecule is Nc1noc(-c2cc[nH]c(=O)c2)c1-c1ccc(Br)cc1. The second-order valence-electron chi connectivity index (χ2n) is 4.22. The van der Waals surface area contributed by atoms with Crippen LogP contribution in [0.3, 0.4) is 0 Å². The number of benzene rings is 1. The van der Waals surface area contributed by atoms with E-state index in [4.69, 9.17) is 10.3 Å². The lowest BCUT2D eigenvalue weighted by Crippen LogP contribution is -2.02. The topological polar surface area (TPSA) is 84.9 Å². The molecule has 0 spiro atoms. The van der Waals surface area contributed by atoms with Crippen LogP contribution in [0.25, 0.3) is 22.5 Å². The van der Waals surface area contributed by atoms with E-state index in [-0.39, 0.29) is 5.56 Å². The summed E-state index contributed by atoms with van der Waals surface area (Å²) in [5.74, 6) is 0.776. The summed E-state index contributed by atoms with van der Waals surface area (Å²) < 4.78 is 6.25. The molecule has 0 aliphatic heterocycles. The number of nitrogens with zero attached hydrogens (tertiary/aromatic N) is 1. The second kappa shape index (κ2) is 4.97. The fourth-order valence-electron chi connectivity index (χ4n) is 1.98. The normalized spacial score (nSPS) is 10.7. The highest BCUT2D eigenvalue weighted by Crippen LogP contribution is 2.36. The summed E-state index contributed by atoms with van der Waals surface area (Å²) in [4.78, 5) is 14.0. The van der Waals surface area contributed by atoms with Crippen molar-refractivity contribution in [2.24, 2.45) is 0 Å². The molecular formula is C14H10BrN3O2. The molecular weight excluding hydrogens is 322 g/mol. The quantitative estimate of drug-likeness (QED) is 0.755. The third-order valence-electron chi connectivity index (χ3n) is 2.89. The van der Waals surface area contributed by atoms with Crippen molar-refractivity contribution in [3.05, 3.63) is 57.4 Å². The van der Waals surface area contributed by atoms with Crippen molar-refractivity contribution in [1.82, 2.24) is 10.1 Å². The Labute approximate surface area is 122 Å². The number of aromatic nitrogens is 2. The lowest BCUT2D eigenvalue weighted by molar-refractivity contribution is 0.436. The number of rotatable bonds is 2.